The van der Waals surface area contributed by atoms with Crippen molar-refractivity contribution in [2.75, 3.05) is 12.4 Å². The van der Waals surface area contributed by atoms with Gasteiger partial charge >= 0.3 is 0 Å². The molecule has 0 saturated carbocycles. The molecule has 7 heteroatoms. The van der Waals surface area contributed by atoms with Gasteiger partial charge in [-0.3, -0.25) is 0 Å². The van der Waals surface area contributed by atoms with Crippen LogP contribution < -0.4 is 10.1 Å². The maximum Gasteiger partial charge on any atom is 0.228 e. The maximum atomic E-state index is 9.49. The Bertz CT molecular complexity index is 817. The van der Waals surface area contributed by atoms with Crippen molar-refractivity contribution >= 4 is 35.8 Å². The first kappa shape index (κ1) is 17.9. The molecule has 3 aromatic rings. The number of anilines is 2. The Balaban J connectivity index is 0.00000208. The van der Waals surface area contributed by atoms with E-state index in [1.807, 2.05) is 36.4 Å². The zero-order chi connectivity index (χ0) is 16.1. The number of aromatic hydroxyl groups is 1. The van der Waals surface area contributed by atoms with Crippen LogP contribution in [0.1, 0.15) is 0 Å². The van der Waals surface area contributed by atoms with Crippen molar-refractivity contribution in [3.05, 3.63) is 60.8 Å². The van der Waals surface area contributed by atoms with Crippen molar-refractivity contribution in [1.82, 2.24) is 9.97 Å². The van der Waals surface area contributed by atoms with Crippen LogP contribution in [0.5, 0.6) is 11.5 Å². The fourth-order valence-corrected chi connectivity index (χ4v) is 2.78. The highest BCUT2D eigenvalue weighted by atomic mass is 35.5. The van der Waals surface area contributed by atoms with Gasteiger partial charge in [0.15, 0.2) is 0 Å². The van der Waals surface area contributed by atoms with E-state index < -0.39 is 0 Å². The highest BCUT2D eigenvalue weighted by Crippen LogP contribution is 2.29. The molecule has 0 saturated heterocycles. The number of hydrogen-bond acceptors (Lipinski definition) is 6. The van der Waals surface area contributed by atoms with Gasteiger partial charge in [0.05, 0.1) is 7.11 Å². The number of methoxy groups -OCH3 is 1. The van der Waals surface area contributed by atoms with Crippen molar-refractivity contribution in [3.8, 4) is 11.5 Å². The summed E-state index contributed by atoms with van der Waals surface area (Å²) in [5.74, 6) is 1.47. The summed E-state index contributed by atoms with van der Waals surface area (Å²) in [7, 11) is 1.64. The third-order valence-corrected chi connectivity index (χ3v) is 3.92. The first-order valence-corrected chi connectivity index (χ1v) is 7.75. The largest absolute Gasteiger partial charge is 0.508 e. The van der Waals surface area contributed by atoms with E-state index in [2.05, 4.69) is 15.3 Å². The number of halogens is 1. The molecule has 1 heterocycles. The Hall–Kier alpha value is -2.44. The van der Waals surface area contributed by atoms with Gasteiger partial charge in [0, 0.05) is 22.8 Å². The van der Waals surface area contributed by atoms with Crippen LogP contribution >= 0.6 is 24.2 Å². The standard InChI is InChI=1S/C17H15N3O2S.ClH/c1-22-14-6-3-7-15(11-14)23-16-8-9-18-17(20-16)19-12-4-2-5-13(21)10-12;/h2-11,21H,1H3,(H,18,19,20);1H. The number of nitrogens with one attached hydrogen (secondary N) is 1. The summed E-state index contributed by atoms with van der Waals surface area (Å²) >= 11 is 1.52. The van der Waals surface area contributed by atoms with Crippen LogP contribution in [-0.4, -0.2) is 22.2 Å². The molecule has 124 valence electrons. The minimum absolute atomic E-state index is 0. The van der Waals surface area contributed by atoms with E-state index >= 15 is 0 Å². The number of ether oxygens (including phenoxy) is 1. The molecular formula is C17H16ClN3O2S. The van der Waals surface area contributed by atoms with Crippen molar-refractivity contribution < 1.29 is 9.84 Å². The number of rotatable bonds is 5. The molecule has 0 unspecified atom stereocenters. The molecule has 24 heavy (non-hydrogen) atoms. The molecule has 5 nitrogen and oxygen atoms in total. The average molecular weight is 362 g/mol. The molecule has 0 fully saturated rings. The zero-order valence-electron chi connectivity index (χ0n) is 12.8. The SMILES string of the molecule is COc1cccc(Sc2ccnc(Nc3cccc(O)c3)n2)c1.Cl. The lowest BCUT2D eigenvalue weighted by atomic mass is 10.3. The second kappa shape index (κ2) is 8.42. The molecule has 2 N–H and O–H groups in total. The smallest absolute Gasteiger partial charge is 0.228 e. The normalized spacial score (nSPS) is 9.88. The third kappa shape index (κ3) is 4.78. The second-order valence-corrected chi connectivity index (χ2v) is 5.77. The molecule has 1 aromatic heterocycles. The van der Waals surface area contributed by atoms with Crippen LogP contribution in [0.15, 0.2) is 70.7 Å². The van der Waals surface area contributed by atoms with Gasteiger partial charge in [-0.05, 0) is 36.4 Å². The summed E-state index contributed by atoms with van der Waals surface area (Å²) in [5, 5.41) is 13.4. The summed E-state index contributed by atoms with van der Waals surface area (Å²) in [6.45, 7) is 0. The minimum Gasteiger partial charge on any atom is -0.508 e. The van der Waals surface area contributed by atoms with E-state index in [1.165, 1.54) is 11.8 Å². The highest BCUT2D eigenvalue weighted by molar-refractivity contribution is 7.99. The Labute approximate surface area is 150 Å². The molecule has 0 spiro atoms. The lowest BCUT2D eigenvalue weighted by Crippen LogP contribution is -1.97. The van der Waals surface area contributed by atoms with Crippen molar-refractivity contribution in [2.45, 2.75) is 9.92 Å². The highest BCUT2D eigenvalue weighted by Gasteiger charge is 2.04. The molecule has 0 radical (unpaired) electrons. The monoisotopic (exact) mass is 361 g/mol. The molecule has 0 aliphatic carbocycles. The van der Waals surface area contributed by atoms with Crippen LogP contribution in [0, 0.1) is 0 Å². The molecule has 0 aliphatic heterocycles. The lowest BCUT2D eigenvalue weighted by molar-refractivity contribution is 0.413. The first-order valence-electron chi connectivity index (χ1n) is 6.94. The van der Waals surface area contributed by atoms with E-state index in [4.69, 9.17) is 4.74 Å². The predicted octanol–water partition coefficient (Wildman–Crippen LogP) is 4.51. The van der Waals surface area contributed by atoms with Gasteiger partial charge in [-0.1, -0.05) is 23.9 Å². The van der Waals surface area contributed by atoms with Crippen LogP contribution in [0.25, 0.3) is 0 Å². The van der Waals surface area contributed by atoms with E-state index in [1.54, 1.807) is 31.5 Å². The fourth-order valence-electron chi connectivity index (χ4n) is 1.96. The quantitative estimate of drug-likeness (QED) is 0.652. The van der Waals surface area contributed by atoms with Crippen molar-refractivity contribution in [3.63, 3.8) is 0 Å². The molecule has 0 amide bonds. The summed E-state index contributed by atoms with van der Waals surface area (Å²) in [5.41, 5.74) is 0.730. The fraction of sp³-hybridized carbons (Fsp3) is 0.0588. The third-order valence-electron chi connectivity index (χ3n) is 3.00. The van der Waals surface area contributed by atoms with E-state index in [-0.39, 0.29) is 18.2 Å². The van der Waals surface area contributed by atoms with Crippen molar-refractivity contribution in [2.24, 2.45) is 0 Å². The summed E-state index contributed by atoms with van der Waals surface area (Å²) in [6.07, 6.45) is 1.70. The molecule has 2 aromatic carbocycles. The molecule has 0 aliphatic rings. The Morgan fingerprint density at radius 1 is 1.08 bits per heavy atom. The van der Waals surface area contributed by atoms with Gasteiger partial charge < -0.3 is 15.2 Å². The Morgan fingerprint density at radius 2 is 1.92 bits per heavy atom. The number of phenols is 1. The summed E-state index contributed by atoms with van der Waals surface area (Å²) in [6, 6.07) is 16.5. The van der Waals surface area contributed by atoms with Crippen molar-refractivity contribution in [1.29, 1.82) is 0 Å². The average Bonchev–Trinajstić information content (AvgIpc) is 2.55. The van der Waals surface area contributed by atoms with Gasteiger partial charge in [-0.25, -0.2) is 9.97 Å². The molecular weight excluding hydrogens is 346 g/mol. The first-order chi connectivity index (χ1) is 11.2. The van der Waals surface area contributed by atoms with Gasteiger partial charge in [-0.15, -0.1) is 12.4 Å². The topological polar surface area (TPSA) is 67.3 Å². The van der Waals surface area contributed by atoms with E-state index in [0.717, 1.165) is 21.4 Å². The second-order valence-electron chi connectivity index (χ2n) is 4.67. The number of hydrogen-bond donors (Lipinski definition) is 2. The predicted molar refractivity (Wildman–Crippen MR) is 97.8 cm³/mol. The zero-order valence-corrected chi connectivity index (χ0v) is 14.5. The minimum atomic E-state index is 0. The van der Waals surface area contributed by atoms with Crippen LogP contribution in [0.2, 0.25) is 0 Å². The summed E-state index contributed by atoms with van der Waals surface area (Å²) < 4.78 is 5.22. The number of aromatic nitrogens is 2. The van der Waals surface area contributed by atoms with Gasteiger partial charge in [-0.2, -0.15) is 0 Å². The molecule has 0 bridgehead atoms. The van der Waals surface area contributed by atoms with Gasteiger partial charge in [0.2, 0.25) is 5.95 Å². The van der Waals surface area contributed by atoms with E-state index in [0.29, 0.717) is 5.95 Å². The van der Waals surface area contributed by atoms with Crippen LogP contribution in [0.4, 0.5) is 11.6 Å². The number of benzene rings is 2. The van der Waals surface area contributed by atoms with Gasteiger partial charge in [0.25, 0.3) is 0 Å². The number of phenolic OH excluding ortho intramolecular Hbond substituents is 1. The molecule has 0 atom stereocenters. The van der Waals surface area contributed by atoms with Gasteiger partial charge in [0.1, 0.15) is 16.5 Å². The Morgan fingerprint density at radius 3 is 2.71 bits per heavy atom. The van der Waals surface area contributed by atoms with Crippen LogP contribution in [-0.2, 0) is 0 Å². The van der Waals surface area contributed by atoms with E-state index in [9.17, 15) is 5.11 Å². The number of nitrogens with zero attached hydrogens (tertiary/aromatic N) is 2. The summed E-state index contributed by atoms with van der Waals surface area (Å²) in [4.78, 5) is 9.70. The van der Waals surface area contributed by atoms with Crippen LogP contribution in [0.3, 0.4) is 0 Å². The lowest BCUT2D eigenvalue weighted by Gasteiger charge is -2.07. The Kier molecular flexibility index (Phi) is 6.28. The maximum absolute atomic E-state index is 9.49. The molecule has 3 rings (SSSR count).